The summed E-state index contributed by atoms with van der Waals surface area (Å²) in [4.78, 5) is 0. The Hall–Kier alpha value is -0.960. The lowest BCUT2D eigenvalue weighted by molar-refractivity contribution is 0.590. The van der Waals surface area contributed by atoms with Crippen LogP contribution in [0.4, 0.5) is 0 Å². The third-order valence-corrected chi connectivity index (χ3v) is 3.94. The summed E-state index contributed by atoms with van der Waals surface area (Å²) in [6.45, 7) is 12.3. The Morgan fingerprint density at radius 3 is 1.89 bits per heavy atom. The molecule has 0 aliphatic rings. The second-order valence-corrected chi connectivity index (χ2v) is 8.40. The van der Waals surface area contributed by atoms with Gasteiger partial charge in [-0.05, 0) is 37.3 Å². The summed E-state index contributed by atoms with van der Waals surface area (Å²) in [5, 5.41) is 0. The number of rotatable bonds is 2. The van der Waals surface area contributed by atoms with Crippen LogP contribution in [-0.2, 0) is 16.4 Å². The van der Waals surface area contributed by atoms with Gasteiger partial charge in [-0.3, -0.25) is 0 Å². The van der Waals surface area contributed by atoms with E-state index in [-0.39, 0.29) is 10.2 Å². The second kappa shape index (κ2) is 5.35. The van der Waals surface area contributed by atoms with Gasteiger partial charge in [-0.1, -0.05) is 45.0 Å². The molecule has 3 heteroatoms. The lowest BCUT2D eigenvalue weighted by Crippen LogP contribution is -2.19. The molecule has 1 rings (SSSR count). The standard InChI is InChI=1S/C15H23NOS/c1-14(2,3)13-9-7-12(8-10-13)11-16-18(17)15(4,5)6/h7-11H,1-6H3/b16-11+. The summed E-state index contributed by atoms with van der Waals surface area (Å²) in [5.41, 5.74) is 2.43. The average Bonchev–Trinajstić information content (AvgIpc) is 2.24. The molecule has 0 saturated heterocycles. The van der Waals surface area contributed by atoms with E-state index in [1.54, 1.807) is 6.21 Å². The van der Waals surface area contributed by atoms with Crippen LogP contribution in [0.3, 0.4) is 0 Å². The lowest BCUT2D eigenvalue weighted by Gasteiger charge is -2.18. The minimum Gasteiger partial charge on any atom is -0.234 e. The van der Waals surface area contributed by atoms with Gasteiger partial charge in [0.15, 0.2) is 0 Å². The fourth-order valence-corrected chi connectivity index (χ4v) is 1.87. The molecule has 1 aromatic rings. The molecule has 0 bridgehead atoms. The molecular formula is C15H23NOS. The van der Waals surface area contributed by atoms with Gasteiger partial charge in [0, 0.05) is 6.21 Å². The molecule has 0 heterocycles. The van der Waals surface area contributed by atoms with Crippen LogP contribution in [0.2, 0.25) is 0 Å². The van der Waals surface area contributed by atoms with Gasteiger partial charge < -0.3 is 0 Å². The van der Waals surface area contributed by atoms with Crippen LogP contribution >= 0.6 is 0 Å². The Bertz CT molecular complexity index is 447. The molecule has 0 amide bonds. The van der Waals surface area contributed by atoms with Gasteiger partial charge in [0.05, 0.1) is 4.75 Å². The van der Waals surface area contributed by atoms with Gasteiger partial charge in [-0.25, -0.2) is 4.21 Å². The molecule has 0 fully saturated rings. The summed E-state index contributed by atoms with van der Waals surface area (Å²) in [5.74, 6) is 0. The largest absolute Gasteiger partial charge is 0.234 e. The average molecular weight is 265 g/mol. The van der Waals surface area contributed by atoms with Crippen molar-refractivity contribution in [2.75, 3.05) is 0 Å². The van der Waals surface area contributed by atoms with E-state index in [0.29, 0.717) is 0 Å². The zero-order valence-corrected chi connectivity index (χ0v) is 13.0. The smallest absolute Gasteiger partial charge is 0.144 e. The maximum absolute atomic E-state index is 11.8. The Morgan fingerprint density at radius 1 is 1.00 bits per heavy atom. The van der Waals surface area contributed by atoms with Crippen molar-refractivity contribution in [2.45, 2.75) is 51.7 Å². The Labute approximate surface area is 113 Å². The monoisotopic (exact) mass is 265 g/mol. The van der Waals surface area contributed by atoms with E-state index in [1.165, 1.54) is 5.56 Å². The molecule has 0 saturated carbocycles. The normalized spacial score (nSPS) is 15.0. The molecule has 0 aliphatic carbocycles. The Morgan fingerprint density at radius 2 is 1.50 bits per heavy atom. The zero-order valence-electron chi connectivity index (χ0n) is 12.2. The predicted octanol–water partition coefficient (Wildman–Crippen LogP) is 3.87. The first-order valence-corrected chi connectivity index (χ1v) is 7.28. The van der Waals surface area contributed by atoms with Crippen molar-refractivity contribution < 1.29 is 4.21 Å². The number of benzene rings is 1. The van der Waals surface area contributed by atoms with Crippen molar-refractivity contribution in [1.29, 1.82) is 0 Å². The van der Waals surface area contributed by atoms with Crippen molar-refractivity contribution in [1.82, 2.24) is 0 Å². The zero-order chi connectivity index (χ0) is 14.0. The summed E-state index contributed by atoms with van der Waals surface area (Å²) in [6, 6.07) is 8.23. The van der Waals surface area contributed by atoms with E-state index >= 15 is 0 Å². The topological polar surface area (TPSA) is 29.4 Å². The minimum absolute atomic E-state index is 0.157. The summed E-state index contributed by atoms with van der Waals surface area (Å²) in [6.07, 6.45) is 1.69. The molecule has 0 N–H and O–H groups in total. The van der Waals surface area contributed by atoms with Gasteiger partial charge in [-0.2, -0.15) is 4.40 Å². The predicted molar refractivity (Wildman–Crippen MR) is 80.6 cm³/mol. The maximum atomic E-state index is 11.8. The van der Waals surface area contributed by atoms with E-state index < -0.39 is 11.0 Å². The third-order valence-electron chi connectivity index (χ3n) is 2.60. The highest BCUT2D eigenvalue weighted by Crippen LogP contribution is 2.22. The van der Waals surface area contributed by atoms with Gasteiger partial charge in [-0.15, -0.1) is 0 Å². The number of hydrogen-bond donors (Lipinski definition) is 0. The molecule has 18 heavy (non-hydrogen) atoms. The second-order valence-electron chi connectivity index (χ2n) is 6.47. The first kappa shape index (κ1) is 15.1. The molecule has 100 valence electrons. The molecule has 0 aliphatic heterocycles. The van der Waals surface area contributed by atoms with E-state index in [9.17, 15) is 4.21 Å². The van der Waals surface area contributed by atoms with Crippen LogP contribution in [0, 0.1) is 0 Å². The van der Waals surface area contributed by atoms with Crippen molar-refractivity contribution in [2.24, 2.45) is 4.40 Å². The van der Waals surface area contributed by atoms with Gasteiger partial charge in [0.2, 0.25) is 0 Å². The van der Waals surface area contributed by atoms with Crippen LogP contribution in [0.15, 0.2) is 28.7 Å². The fourth-order valence-electron chi connectivity index (χ4n) is 1.34. The van der Waals surface area contributed by atoms with Crippen molar-refractivity contribution >= 4 is 17.2 Å². The van der Waals surface area contributed by atoms with Crippen molar-refractivity contribution in [3.8, 4) is 0 Å². The highest BCUT2D eigenvalue weighted by atomic mass is 32.2. The first-order valence-electron chi connectivity index (χ1n) is 6.17. The van der Waals surface area contributed by atoms with E-state index in [4.69, 9.17) is 0 Å². The van der Waals surface area contributed by atoms with Crippen LogP contribution in [0.5, 0.6) is 0 Å². The third kappa shape index (κ3) is 4.37. The lowest BCUT2D eigenvalue weighted by atomic mass is 9.87. The van der Waals surface area contributed by atoms with E-state index in [0.717, 1.165) is 5.56 Å². The van der Waals surface area contributed by atoms with E-state index in [1.807, 2.05) is 32.9 Å². The van der Waals surface area contributed by atoms with Crippen LogP contribution in [0.25, 0.3) is 0 Å². The quantitative estimate of drug-likeness (QED) is 0.746. The Kier molecular flexibility index (Phi) is 4.49. The number of hydrogen-bond acceptors (Lipinski definition) is 1. The molecule has 1 aromatic carbocycles. The summed E-state index contributed by atoms with van der Waals surface area (Å²) in [7, 11) is -1.19. The molecule has 2 nitrogen and oxygen atoms in total. The fraction of sp³-hybridized carbons (Fsp3) is 0.533. The molecule has 0 aromatic heterocycles. The molecular weight excluding hydrogens is 242 g/mol. The highest BCUT2D eigenvalue weighted by molar-refractivity contribution is 7.85. The SMILES string of the molecule is CC(C)(C)c1ccc(/C=N/S(=O)C(C)(C)C)cc1. The molecule has 0 radical (unpaired) electrons. The van der Waals surface area contributed by atoms with Crippen molar-refractivity contribution in [3.63, 3.8) is 0 Å². The van der Waals surface area contributed by atoms with Gasteiger partial charge >= 0.3 is 0 Å². The maximum Gasteiger partial charge on any atom is 0.144 e. The first-order chi connectivity index (χ1) is 8.10. The minimum atomic E-state index is -1.19. The summed E-state index contributed by atoms with van der Waals surface area (Å²) >= 11 is 0. The van der Waals surface area contributed by atoms with Gasteiger partial charge in [0.25, 0.3) is 0 Å². The number of nitrogens with zero attached hydrogens (tertiary/aromatic N) is 1. The van der Waals surface area contributed by atoms with Crippen LogP contribution in [-0.4, -0.2) is 15.2 Å². The van der Waals surface area contributed by atoms with E-state index in [2.05, 4.69) is 37.3 Å². The van der Waals surface area contributed by atoms with Crippen LogP contribution in [0.1, 0.15) is 52.7 Å². The molecule has 1 unspecified atom stereocenters. The highest BCUT2D eigenvalue weighted by Gasteiger charge is 2.18. The van der Waals surface area contributed by atoms with Crippen LogP contribution < -0.4 is 0 Å². The molecule has 1 atom stereocenters. The Balaban J connectivity index is 2.82. The van der Waals surface area contributed by atoms with Crippen molar-refractivity contribution in [3.05, 3.63) is 35.4 Å². The molecule has 0 spiro atoms. The summed E-state index contributed by atoms with van der Waals surface area (Å²) < 4.78 is 15.6. The van der Waals surface area contributed by atoms with Gasteiger partial charge in [0.1, 0.15) is 11.0 Å².